The molecule has 84 valence electrons. The van der Waals surface area contributed by atoms with Gasteiger partial charge in [0.1, 0.15) is 12.1 Å². The van der Waals surface area contributed by atoms with Crippen LogP contribution >= 0.6 is 0 Å². The average molecular weight is 210 g/mol. The maximum Gasteiger partial charge on any atom is 0.218 e. The first-order valence-corrected chi connectivity index (χ1v) is 4.99. The Morgan fingerprint density at radius 1 is 1.47 bits per heavy atom. The number of nitrogens with zero attached hydrogens (tertiary/aromatic N) is 2. The summed E-state index contributed by atoms with van der Waals surface area (Å²) in [5.74, 6) is 1.30. The van der Waals surface area contributed by atoms with E-state index >= 15 is 0 Å². The van der Waals surface area contributed by atoms with Crippen molar-refractivity contribution in [3.8, 4) is 5.88 Å². The van der Waals surface area contributed by atoms with Crippen molar-refractivity contribution in [3.63, 3.8) is 0 Å². The molecule has 3 N–H and O–H groups in total. The smallest absolute Gasteiger partial charge is 0.218 e. The summed E-state index contributed by atoms with van der Waals surface area (Å²) in [6.45, 7) is 7.06. The summed E-state index contributed by atoms with van der Waals surface area (Å²) in [6.07, 6.45) is 1.47. The van der Waals surface area contributed by atoms with Crippen LogP contribution in [0.1, 0.15) is 20.8 Å². The summed E-state index contributed by atoms with van der Waals surface area (Å²) in [5, 5.41) is 3.13. The second-order valence-electron chi connectivity index (χ2n) is 4.02. The Kier molecular flexibility index (Phi) is 3.85. The van der Waals surface area contributed by atoms with Crippen molar-refractivity contribution in [1.29, 1.82) is 0 Å². The molecule has 5 nitrogen and oxygen atoms in total. The standard InChI is InChI=1S/C10H18N4O/c1-4-15-9-5-8(13-7-14-9)12-6-10(2,3)11/h5,7H,4,6,11H2,1-3H3,(H,12,13,14). The van der Waals surface area contributed by atoms with Gasteiger partial charge in [0, 0.05) is 18.2 Å². The zero-order chi connectivity index (χ0) is 11.3. The summed E-state index contributed by atoms with van der Waals surface area (Å²) >= 11 is 0. The van der Waals surface area contributed by atoms with Crippen LogP contribution in [0.5, 0.6) is 5.88 Å². The maximum absolute atomic E-state index is 5.84. The van der Waals surface area contributed by atoms with Crippen molar-refractivity contribution in [1.82, 2.24) is 9.97 Å². The molecule has 0 bridgehead atoms. The van der Waals surface area contributed by atoms with E-state index in [1.54, 1.807) is 6.07 Å². The van der Waals surface area contributed by atoms with E-state index in [2.05, 4.69) is 15.3 Å². The fourth-order valence-corrected chi connectivity index (χ4v) is 0.981. The predicted octanol–water partition coefficient (Wildman–Crippen LogP) is 1.02. The Balaban J connectivity index is 2.57. The Bertz CT molecular complexity index is 309. The van der Waals surface area contributed by atoms with Gasteiger partial charge in [0.25, 0.3) is 0 Å². The van der Waals surface area contributed by atoms with Crippen molar-refractivity contribution in [3.05, 3.63) is 12.4 Å². The fraction of sp³-hybridized carbons (Fsp3) is 0.600. The normalized spacial score (nSPS) is 11.2. The van der Waals surface area contributed by atoms with Crippen LogP contribution < -0.4 is 15.8 Å². The summed E-state index contributed by atoms with van der Waals surface area (Å²) in [4.78, 5) is 8.04. The molecule has 0 aromatic carbocycles. The van der Waals surface area contributed by atoms with E-state index in [1.807, 2.05) is 20.8 Å². The largest absolute Gasteiger partial charge is 0.478 e. The molecule has 0 saturated carbocycles. The van der Waals surface area contributed by atoms with E-state index in [4.69, 9.17) is 10.5 Å². The molecule has 0 fully saturated rings. The van der Waals surface area contributed by atoms with Crippen LogP contribution in [0.4, 0.5) is 5.82 Å². The van der Waals surface area contributed by atoms with E-state index < -0.39 is 0 Å². The highest BCUT2D eigenvalue weighted by Crippen LogP contribution is 2.11. The number of aromatic nitrogens is 2. The van der Waals surface area contributed by atoms with E-state index in [-0.39, 0.29) is 5.54 Å². The minimum absolute atomic E-state index is 0.267. The van der Waals surface area contributed by atoms with Crippen molar-refractivity contribution in [2.45, 2.75) is 26.3 Å². The molecule has 0 spiro atoms. The molecule has 1 rings (SSSR count). The second-order valence-corrected chi connectivity index (χ2v) is 4.02. The Labute approximate surface area is 90.1 Å². The third-order valence-corrected chi connectivity index (χ3v) is 1.66. The molecule has 0 radical (unpaired) electrons. The molecule has 0 unspecified atom stereocenters. The first kappa shape index (κ1) is 11.7. The zero-order valence-electron chi connectivity index (χ0n) is 9.45. The number of anilines is 1. The lowest BCUT2D eigenvalue weighted by atomic mass is 10.1. The lowest BCUT2D eigenvalue weighted by Crippen LogP contribution is -2.39. The molecule has 0 saturated heterocycles. The van der Waals surface area contributed by atoms with Crippen LogP contribution in [-0.2, 0) is 0 Å². The van der Waals surface area contributed by atoms with Crippen LogP contribution in [0, 0.1) is 0 Å². The van der Waals surface area contributed by atoms with Gasteiger partial charge in [-0.15, -0.1) is 0 Å². The SMILES string of the molecule is CCOc1cc(NCC(C)(C)N)ncn1. The van der Waals surface area contributed by atoms with Gasteiger partial charge in [0.05, 0.1) is 6.61 Å². The number of hydrogen-bond acceptors (Lipinski definition) is 5. The molecule has 1 aromatic rings. The zero-order valence-corrected chi connectivity index (χ0v) is 9.45. The van der Waals surface area contributed by atoms with Gasteiger partial charge >= 0.3 is 0 Å². The maximum atomic E-state index is 5.84. The Hall–Kier alpha value is -1.36. The molecule has 1 aromatic heterocycles. The molecule has 0 aliphatic rings. The quantitative estimate of drug-likeness (QED) is 0.759. The monoisotopic (exact) mass is 210 g/mol. The molecule has 0 aliphatic heterocycles. The Morgan fingerprint density at radius 2 is 2.20 bits per heavy atom. The van der Waals surface area contributed by atoms with Gasteiger partial charge in [-0.2, -0.15) is 0 Å². The second kappa shape index (κ2) is 4.93. The molecule has 5 heteroatoms. The molecule has 0 amide bonds. The highest BCUT2D eigenvalue weighted by molar-refractivity contribution is 5.37. The first-order valence-electron chi connectivity index (χ1n) is 4.99. The average Bonchev–Trinajstić information content (AvgIpc) is 2.15. The molecule has 0 aliphatic carbocycles. The Morgan fingerprint density at radius 3 is 2.80 bits per heavy atom. The fourth-order valence-electron chi connectivity index (χ4n) is 0.981. The van der Waals surface area contributed by atoms with Gasteiger partial charge in [-0.25, -0.2) is 9.97 Å². The molecule has 15 heavy (non-hydrogen) atoms. The van der Waals surface area contributed by atoms with Crippen LogP contribution in [-0.4, -0.2) is 28.7 Å². The summed E-state index contributed by atoms with van der Waals surface area (Å²) in [5.41, 5.74) is 5.58. The number of hydrogen-bond donors (Lipinski definition) is 2. The highest BCUT2D eigenvalue weighted by atomic mass is 16.5. The third-order valence-electron chi connectivity index (χ3n) is 1.66. The topological polar surface area (TPSA) is 73.1 Å². The number of rotatable bonds is 5. The molecule has 0 atom stereocenters. The predicted molar refractivity (Wildman–Crippen MR) is 60.0 cm³/mol. The molecular weight excluding hydrogens is 192 g/mol. The highest BCUT2D eigenvalue weighted by Gasteiger charge is 2.10. The van der Waals surface area contributed by atoms with E-state index in [1.165, 1.54) is 6.33 Å². The van der Waals surface area contributed by atoms with Crippen molar-refractivity contribution >= 4 is 5.82 Å². The van der Waals surface area contributed by atoms with Crippen molar-refractivity contribution in [2.24, 2.45) is 5.73 Å². The molecule has 1 heterocycles. The summed E-state index contributed by atoms with van der Waals surface area (Å²) in [7, 11) is 0. The van der Waals surface area contributed by atoms with E-state index in [0.717, 1.165) is 5.82 Å². The van der Waals surface area contributed by atoms with Crippen molar-refractivity contribution in [2.75, 3.05) is 18.5 Å². The lowest BCUT2D eigenvalue weighted by molar-refractivity contribution is 0.326. The van der Waals surface area contributed by atoms with E-state index in [0.29, 0.717) is 19.0 Å². The number of nitrogens with two attached hydrogens (primary N) is 1. The van der Waals surface area contributed by atoms with Crippen LogP contribution in [0.15, 0.2) is 12.4 Å². The van der Waals surface area contributed by atoms with Gasteiger partial charge in [0.2, 0.25) is 5.88 Å². The third kappa shape index (κ3) is 4.60. The summed E-state index contributed by atoms with van der Waals surface area (Å²) in [6, 6.07) is 1.76. The molecular formula is C10H18N4O. The van der Waals surface area contributed by atoms with Gasteiger partial charge in [0.15, 0.2) is 0 Å². The van der Waals surface area contributed by atoms with Crippen LogP contribution in [0.25, 0.3) is 0 Å². The number of nitrogens with one attached hydrogen (secondary N) is 1. The van der Waals surface area contributed by atoms with Crippen LogP contribution in [0.3, 0.4) is 0 Å². The number of ether oxygens (including phenoxy) is 1. The van der Waals surface area contributed by atoms with Gasteiger partial charge in [-0.05, 0) is 20.8 Å². The van der Waals surface area contributed by atoms with E-state index in [9.17, 15) is 0 Å². The van der Waals surface area contributed by atoms with Crippen molar-refractivity contribution < 1.29 is 4.74 Å². The minimum Gasteiger partial charge on any atom is -0.478 e. The summed E-state index contributed by atoms with van der Waals surface area (Å²) < 4.78 is 5.26. The van der Waals surface area contributed by atoms with Gasteiger partial charge in [-0.3, -0.25) is 0 Å². The van der Waals surface area contributed by atoms with Gasteiger partial charge < -0.3 is 15.8 Å². The first-order chi connectivity index (χ1) is 7.01. The van der Waals surface area contributed by atoms with Crippen LogP contribution in [0.2, 0.25) is 0 Å². The lowest BCUT2D eigenvalue weighted by Gasteiger charge is -2.19. The van der Waals surface area contributed by atoms with Gasteiger partial charge in [-0.1, -0.05) is 0 Å². The minimum atomic E-state index is -0.267.